The van der Waals surface area contributed by atoms with E-state index in [1.165, 1.54) is 0 Å². The summed E-state index contributed by atoms with van der Waals surface area (Å²) >= 11 is 0. The van der Waals surface area contributed by atoms with E-state index in [4.69, 9.17) is 5.73 Å². The summed E-state index contributed by atoms with van der Waals surface area (Å²) in [6, 6.07) is 7.58. The fourth-order valence-electron chi connectivity index (χ4n) is 1.22. The van der Waals surface area contributed by atoms with Crippen LogP contribution in [0.5, 0.6) is 0 Å². The van der Waals surface area contributed by atoms with Gasteiger partial charge in [-0.3, -0.25) is 0 Å². The molecule has 0 aliphatic carbocycles. The first kappa shape index (κ1) is 12.4. The minimum Gasteiger partial charge on any atom is -0.370 e. The Kier molecular flexibility index (Phi) is 4.69. The van der Waals surface area contributed by atoms with Crippen LogP contribution in [0.1, 0.15) is 12.5 Å². The van der Waals surface area contributed by atoms with Crippen molar-refractivity contribution >= 4 is 11.6 Å². The van der Waals surface area contributed by atoms with Gasteiger partial charge in [0.1, 0.15) is 6.54 Å². The number of anilines is 1. The van der Waals surface area contributed by atoms with Crippen LogP contribution >= 0.6 is 0 Å². The Bertz CT molecular complexity index is 364. The molecule has 0 spiro atoms. The topological polar surface area (TPSA) is 50.4 Å². The first-order chi connectivity index (χ1) is 7.61. The second kappa shape index (κ2) is 6.05. The van der Waals surface area contributed by atoms with Crippen molar-refractivity contribution in [1.29, 1.82) is 0 Å². The van der Waals surface area contributed by atoms with Gasteiger partial charge in [-0.25, -0.2) is 13.8 Å². The Morgan fingerprint density at radius 1 is 1.50 bits per heavy atom. The van der Waals surface area contributed by atoms with E-state index in [1.807, 2.05) is 31.2 Å². The van der Waals surface area contributed by atoms with E-state index >= 15 is 0 Å². The zero-order chi connectivity index (χ0) is 12.0. The highest BCUT2D eigenvalue weighted by atomic mass is 19.3. The van der Waals surface area contributed by atoms with E-state index in [9.17, 15) is 8.78 Å². The average Bonchev–Trinajstić information content (AvgIpc) is 2.26. The number of halogens is 2. The molecule has 0 aromatic heterocycles. The van der Waals surface area contributed by atoms with Gasteiger partial charge in [-0.15, -0.1) is 0 Å². The second-order valence-corrected chi connectivity index (χ2v) is 3.30. The van der Waals surface area contributed by atoms with Gasteiger partial charge in [0.15, 0.2) is 5.96 Å². The minimum absolute atomic E-state index is 0.00792. The normalized spacial score (nSPS) is 11.9. The summed E-state index contributed by atoms with van der Waals surface area (Å²) in [5.41, 5.74) is 7.36. The first-order valence-electron chi connectivity index (χ1n) is 5.06. The van der Waals surface area contributed by atoms with E-state index in [0.29, 0.717) is 0 Å². The Hall–Kier alpha value is -1.65. The van der Waals surface area contributed by atoms with Crippen LogP contribution in [0.25, 0.3) is 0 Å². The molecule has 3 N–H and O–H groups in total. The molecule has 88 valence electrons. The predicted molar refractivity (Wildman–Crippen MR) is 61.9 cm³/mol. The quantitative estimate of drug-likeness (QED) is 0.612. The number of nitrogens with zero attached hydrogens (tertiary/aromatic N) is 1. The fourth-order valence-corrected chi connectivity index (χ4v) is 1.22. The number of benzene rings is 1. The van der Waals surface area contributed by atoms with E-state index in [-0.39, 0.29) is 5.96 Å². The molecule has 0 heterocycles. The zero-order valence-electron chi connectivity index (χ0n) is 9.08. The predicted octanol–water partition coefficient (Wildman–Crippen LogP) is 2.24. The van der Waals surface area contributed by atoms with Crippen LogP contribution in [-0.2, 0) is 6.42 Å². The lowest BCUT2D eigenvalue weighted by atomic mass is 10.1. The van der Waals surface area contributed by atoms with Crippen LogP contribution in [0.3, 0.4) is 0 Å². The van der Waals surface area contributed by atoms with Crippen molar-refractivity contribution in [2.45, 2.75) is 19.8 Å². The molecule has 1 aromatic carbocycles. The summed E-state index contributed by atoms with van der Waals surface area (Å²) < 4.78 is 23.7. The molecule has 0 amide bonds. The number of rotatable bonds is 4. The Labute approximate surface area is 93.4 Å². The highest BCUT2D eigenvalue weighted by Crippen LogP contribution is 2.10. The number of hydrogen-bond donors (Lipinski definition) is 2. The maximum Gasteiger partial charge on any atom is 0.257 e. The molecule has 0 radical (unpaired) electrons. The van der Waals surface area contributed by atoms with Crippen molar-refractivity contribution in [2.75, 3.05) is 11.9 Å². The summed E-state index contributed by atoms with van der Waals surface area (Å²) in [5.74, 6) is 0.00792. The molecule has 0 aliphatic heterocycles. The number of aryl methyl sites for hydroxylation is 1. The SMILES string of the molecule is CCc1cccc(NC(N)=NCC(F)F)c1. The molecule has 5 heteroatoms. The molecule has 0 fully saturated rings. The van der Waals surface area contributed by atoms with Crippen molar-refractivity contribution in [3.63, 3.8) is 0 Å². The molecule has 0 aliphatic rings. The Balaban J connectivity index is 2.61. The van der Waals surface area contributed by atoms with Gasteiger partial charge >= 0.3 is 0 Å². The average molecular weight is 227 g/mol. The molecular weight excluding hydrogens is 212 g/mol. The third kappa shape index (κ3) is 4.25. The Morgan fingerprint density at radius 2 is 2.25 bits per heavy atom. The molecule has 0 saturated carbocycles. The zero-order valence-corrected chi connectivity index (χ0v) is 9.08. The molecule has 0 unspecified atom stereocenters. The second-order valence-electron chi connectivity index (χ2n) is 3.30. The number of guanidine groups is 1. The number of nitrogens with two attached hydrogens (primary N) is 1. The summed E-state index contributed by atoms with van der Waals surface area (Å²) in [6.07, 6.45) is -1.56. The molecule has 0 saturated heterocycles. The van der Waals surface area contributed by atoms with E-state index in [2.05, 4.69) is 10.3 Å². The van der Waals surface area contributed by atoms with Gasteiger partial charge < -0.3 is 11.1 Å². The molecule has 0 atom stereocenters. The summed E-state index contributed by atoms with van der Waals surface area (Å²) in [6.45, 7) is 1.46. The lowest BCUT2D eigenvalue weighted by molar-refractivity contribution is 0.158. The Morgan fingerprint density at radius 3 is 2.88 bits per heavy atom. The van der Waals surface area contributed by atoms with Crippen molar-refractivity contribution in [2.24, 2.45) is 10.7 Å². The highest BCUT2D eigenvalue weighted by Gasteiger charge is 2.01. The van der Waals surface area contributed by atoms with E-state index < -0.39 is 13.0 Å². The summed E-state index contributed by atoms with van der Waals surface area (Å²) in [4.78, 5) is 3.51. The van der Waals surface area contributed by atoms with Crippen molar-refractivity contribution in [3.8, 4) is 0 Å². The lowest BCUT2D eigenvalue weighted by Crippen LogP contribution is -2.23. The van der Waals surface area contributed by atoms with Crippen LogP contribution < -0.4 is 11.1 Å². The minimum atomic E-state index is -2.47. The van der Waals surface area contributed by atoms with Crippen molar-refractivity contribution in [1.82, 2.24) is 0 Å². The van der Waals surface area contributed by atoms with E-state index in [1.54, 1.807) is 0 Å². The van der Waals surface area contributed by atoms with Crippen LogP contribution in [0, 0.1) is 0 Å². The third-order valence-corrected chi connectivity index (χ3v) is 2.01. The van der Waals surface area contributed by atoms with Gasteiger partial charge in [0.05, 0.1) is 0 Å². The van der Waals surface area contributed by atoms with Gasteiger partial charge in [0.2, 0.25) is 0 Å². The number of nitrogens with one attached hydrogen (secondary N) is 1. The van der Waals surface area contributed by atoms with E-state index in [0.717, 1.165) is 17.7 Å². The van der Waals surface area contributed by atoms with Gasteiger partial charge in [-0.05, 0) is 24.1 Å². The highest BCUT2D eigenvalue weighted by molar-refractivity contribution is 5.92. The fraction of sp³-hybridized carbons (Fsp3) is 0.364. The number of aliphatic imine (C=N–C) groups is 1. The van der Waals surface area contributed by atoms with Gasteiger partial charge in [-0.2, -0.15) is 0 Å². The molecule has 16 heavy (non-hydrogen) atoms. The molecule has 0 bridgehead atoms. The molecule has 1 aromatic rings. The van der Waals surface area contributed by atoms with Crippen LogP contribution in [0.2, 0.25) is 0 Å². The molecular formula is C11H15F2N3. The summed E-state index contributed by atoms with van der Waals surface area (Å²) in [5, 5.41) is 2.77. The third-order valence-electron chi connectivity index (χ3n) is 2.01. The smallest absolute Gasteiger partial charge is 0.257 e. The lowest BCUT2D eigenvalue weighted by Gasteiger charge is -2.06. The van der Waals surface area contributed by atoms with Crippen LogP contribution in [-0.4, -0.2) is 18.9 Å². The number of alkyl halides is 2. The number of hydrogen-bond acceptors (Lipinski definition) is 1. The maximum absolute atomic E-state index is 11.9. The van der Waals surface area contributed by atoms with Crippen molar-refractivity contribution < 1.29 is 8.78 Å². The monoisotopic (exact) mass is 227 g/mol. The van der Waals surface area contributed by atoms with Gasteiger partial charge in [-0.1, -0.05) is 19.1 Å². The standard InChI is InChI=1S/C11H15F2N3/c1-2-8-4-3-5-9(6-8)16-11(14)15-7-10(12)13/h3-6,10H,2,7H2,1H3,(H3,14,15,16). The maximum atomic E-state index is 11.9. The molecule has 1 rings (SSSR count). The van der Waals surface area contributed by atoms with Crippen LogP contribution in [0.4, 0.5) is 14.5 Å². The largest absolute Gasteiger partial charge is 0.370 e. The van der Waals surface area contributed by atoms with Crippen LogP contribution in [0.15, 0.2) is 29.3 Å². The van der Waals surface area contributed by atoms with Crippen molar-refractivity contribution in [3.05, 3.63) is 29.8 Å². The molecule has 3 nitrogen and oxygen atoms in total. The van der Waals surface area contributed by atoms with Gasteiger partial charge in [0, 0.05) is 5.69 Å². The van der Waals surface area contributed by atoms with Gasteiger partial charge in [0.25, 0.3) is 6.43 Å². The first-order valence-corrected chi connectivity index (χ1v) is 5.06. The summed E-state index contributed by atoms with van der Waals surface area (Å²) in [7, 11) is 0.